The van der Waals surface area contributed by atoms with Gasteiger partial charge in [0, 0.05) is 30.3 Å². The summed E-state index contributed by atoms with van der Waals surface area (Å²) in [6.07, 6.45) is 0. The van der Waals surface area contributed by atoms with Gasteiger partial charge in [-0.3, -0.25) is 0 Å². The molecule has 0 radical (unpaired) electrons. The standard InChI is InChI=1S/C14H15Cl2N3O/c1-3-20-8-14-18-12(7-13(17-2)19-14)10-5-4-9(15)6-11(10)16/h4-7H,3,8H2,1-2H3,(H,17,18,19). The first-order chi connectivity index (χ1) is 9.63. The quantitative estimate of drug-likeness (QED) is 0.905. The van der Waals surface area contributed by atoms with E-state index in [-0.39, 0.29) is 0 Å². The molecule has 0 aliphatic rings. The van der Waals surface area contributed by atoms with E-state index in [1.807, 2.05) is 19.1 Å². The molecule has 0 aliphatic carbocycles. The van der Waals surface area contributed by atoms with Crippen molar-refractivity contribution in [3.63, 3.8) is 0 Å². The number of anilines is 1. The highest BCUT2D eigenvalue weighted by molar-refractivity contribution is 6.36. The van der Waals surface area contributed by atoms with Crippen LogP contribution in [0.2, 0.25) is 10.0 Å². The Hall–Kier alpha value is -1.36. The van der Waals surface area contributed by atoms with Crippen molar-refractivity contribution in [3.05, 3.63) is 40.1 Å². The molecule has 0 atom stereocenters. The average Bonchev–Trinajstić information content (AvgIpc) is 2.44. The zero-order valence-electron chi connectivity index (χ0n) is 11.3. The summed E-state index contributed by atoms with van der Waals surface area (Å²) in [4.78, 5) is 8.82. The Labute approximate surface area is 128 Å². The van der Waals surface area contributed by atoms with Crippen LogP contribution in [0.1, 0.15) is 12.7 Å². The summed E-state index contributed by atoms with van der Waals surface area (Å²) in [5.74, 6) is 1.33. The third-order valence-electron chi connectivity index (χ3n) is 2.67. The highest BCUT2D eigenvalue weighted by Gasteiger charge is 2.10. The molecule has 0 spiro atoms. The van der Waals surface area contributed by atoms with Gasteiger partial charge in [0.25, 0.3) is 0 Å². The molecule has 1 heterocycles. The molecule has 20 heavy (non-hydrogen) atoms. The number of hydrogen-bond donors (Lipinski definition) is 1. The van der Waals surface area contributed by atoms with Crippen LogP contribution in [-0.4, -0.2) is 23.6 Å². The lowest BCUT2D eigenvalue weighted by atomic mass is 10.1. The minimum Gasteiger partial charge on any atom is -0.374 e. The second-order valence-electron chi connectivity index (χ2n) is 4.07. The van der Waals surface area contributed by atoms with Crippen LogP contribution in [0.15, 0.2) is 24.3 Å². The predicted molar refractivity (Wildman–Crippen MR) is 82.4 cm³/mol. The number of hydrogen-bond acceptors (Lipinski definition) is 4. The van der Waals surface area contributed by atoms with E-state index in [1.165, 1.54) is 0 Å². The number of rotatable bonds is 5. The van der Waals surface area contributed by atoms with E-state index in [2.05, 4.69) is 15.3 Å². The number of nitrogens with one attached hydrogen (secondary N) is 1. The van der Waals surface area contributed by atoms with Gasteiger partial charge in [0.05, 0.1) is 10.7 Å². The molecule has 1 aromatic heterocycles. The van der Waals surface area contributed by atoms with Crippen LogP contribution in [0, 0.1) is 0 Å². The fraction of sp³-hybridized carbons (Fsp3) is 0.286. The van der Waals surface area contributed by atoms with Crippen molar-refractivity contribution in [1.29, 1.82) is 0 Å². The first-order valence-electron chi connectivity index (χ1n) is 6.23. The van der Waals surface area contributed by atoms with Crippen LogP contribution < -0.4 is 5.32 Å². The summed E-state index contributed by atoms with van der Waals surface area (Å²) in [7, 11) is 1.81. The van der Waals surface area contributed by atoms with Crippen molar-refractivity contribution in [2.75, 3.05) is 19.0 Å². The Balaban J connectivity index is 2.44. The van der Waals surface area contributed by atoms with Crippen LogP contribution in [0.5, 0.6) is 0 Å². The molecular weight excluding hydrogens is 297 g/mol. The fourth-order valence-electron chi connectivity index (χ4n) is 1.72. The number of ether oxygens (including phenoxy) is 1. The first kappa shape index (κ1) is 15.0. The number of halogens is 2. The zero-order valence-corrected chi connectivity index (χ0v) is 12.8. The lowest BCUT2D eigenvalue weighted by Gasteiger charge is -2.09. The van der Waals surface area contributed by atoms with Gasteiger partial charge in [0.2, 0.25) is 0 Å². The maximum absolute atomic E-state index is 6.22. The Bertz CT molecular complexity index is 605. The first-order valence-corrected chi connectivity index (χ1v) is 6.98. The van der Waals surface area contributed by atoms with E-state index in [0.717, 1.165) is 17.1 Å². The molecule has 1 N–H and O–H groups in total. The molecule has 2 aromatic rings. The van der Waals surface area contributed by atoms with Gasteiger partial charge in [-0.05, 0) is 25.1 Å². The normalized spacial score (nSPS) is 10.6. The van der Waals surface area contributed by atoms with Crippen LogP contribution in [0.4, 0.5) is 5.82 Å². The molecule has 0 amide bonds. The maximum atomic E-state index is 6.22. The van der Waals surface area contributed by atoms with Gasteiger partial charge >= 0.3 is 0 Å². The SMILES string of the molecule is CCOCc1nc(NC)cc(-c2ccc(Cl)cc2Cl)n1. The van der Waals surface area contributed by atoms with E-state index in [9.17, 15) is 0 Å². The van der Waals surface area contributed by atoms with Crippen LogP contribution in [-0.2, 0) is 11.3 Å². The van der Waals surface area contributed by atoms with Gasteiger partial charge in [-0.2, -0.15) is 0 Å². The van der Waals surface area contributed by atoms with Crippen LogP contribution in [0.25, 0.3) is 11.3 Å². The van der Waals surface area contributed by atoms with E-state index >= 15 is 0 Å². The number of benzene rings is 1. The molecule has 0 fully saturated rings. The van der Waals surface area contributed by atoms with Gasteiger partial charge in [-0.1, -0.05) is 23.2 Å². The molecule has 0 aliphatic heterocycles. The molecule has 6 heteroatoms. The zero-order chi connectivity index (χ0) is 14.5. The van der Waals surface area contributed by atoms with Gasteiger partial charge < -0.3 is 10.1 Å². The Kier molecular flexibility index (Phi) is 5.17. The van der Waals surface area contributed by atoms with E-state index in [4.69, 9.17) is 27.9 Å². The molecule has 0 saturated carbocycles. The van der Waals surface area contributed by atoms with Gasteiger partial charge in [-0.25, -0.2) is 9.97 Å². The second kappa shape index (κ2) is 6.88. The van der Waals surface area contributed by atoms with E-state index in [1.54, 1.807) is 19.2 Å². The summed E-state index contributed by atoms with van der Waals surface area (Å²) in [6, 6.07) is 7.16. The monoisotopic (exact) mass is 311 g/mol. The summed E-state index contributed by atoms with van der Waals surface area (Å²) in [6.45, 7) is 2.91. The second-order valence-corrected chi connectivity index (χ2v) is 4.91. The summed E-state index contributed by atoms with van der Waals surface area (Å²) >= 11 is 12.1. The van der Waals surface area contributed by atoms with Crippen molar-refractivity contribution in [3.8, 4) is 11.3 Å². The Morgan fingerprint density at radius 1 is 1.20 bits per heavy atom. The molecule has 0 unspecified atom stereocenters. The maximum Gasteiger partial charge on any atom is 0.157 e. The third-order valence-corrected chi connectivity index (χ3v) is 3.22. The third kappa shape index (κ3) is 3.60. The number of nitrogens with zero attached hydrogens (tertiary/aromatic N) is 2. The molecule has 2 rings (SSSR count). The van der Waals surface area contributed by atoms with E-state index < -0.39 is 0 Å². The van der Waals surface area contributed by atoms with Gasteiger partial charge in [0.1, 0.15) is 12.4 Å². The minimum absolute atomic E-state index is 0.365. The topological polar surface area (TPSA) is 47.0 Å². The molecule has 1 aromatic carbocycles. The van der Waals surface area contributed by atoms with Crippen molar-refractivity contribution in [2.45, 2.75) is 13.5 Å². The summed E-state index contributed by atoms with van der Waals surface area (Å²) in [5.41, 5.74) is 1.55. The van der Waals surface area contributed by atoms with Crippen LogP contribution >= 0.6 is 23.2 Å². The molecule has 4 nitrogen and oxygen atoms in total. The molecule has 106 valence electrons. The summed E-state index contributed by atoms with van der Waals surface area (Å²) < 4.78 is 5.35. The van der Waals surface area contributed by atoms with Crippen LogP contribution in [0.3, 0.4) is 0 Å². The predicted octanol–water partition coefficient (Wildman–Crippen LogP) is 4.03. The van der Waals surface area contributed by atoms with Crippen molar-refractivity contribution < 1.29 is 4.74 Å². The largest absolute Gasteiger partial charge is 0.374 e. The van der Waals surface area contributed by atoms with Gasteiger partial charge in [-0.15, -0.1) is 0 Å². The van der Waals surface area contributed by atoms with Crippen molar-refractivity contribution in [1.82, 2.24) is 9.97 Å². The smallest absolute Gasteiger partial charge is 0.157 e. The minimum atomic E-state index is 0.365. The van der Waals surface area contributed by atoms with E-state index in [0.29, 0.717) is 29.1 Å². The number of aromatic nitrogens is 2. The molecule has 0 bridgehead atoms. The van der Waals surface area contributed by atoms with Crippen molar-refractivity contribution >= 4 is 29.0 Å². The Morgan fingerprint density at radius 2 is 2.00 bits per heavy atom. The lowest BCUT2D eigenvalue weighted by molar-refractivity contribution is 0.128. The fourth-order valence-corrected chi connectivity index (χ4v) is 2.22. The average molecular weight is 312 g/mol. The highest BCUT2D eigenvalue weighted by atomic mass is 35.5. The highest BCUT2D eigenvalue weighted by Crippen LogP contribution is 2.30. The Morgan fingerprint density at radius 3 is 2.65 bits per heavy atom. The van der Waals surface area contributed by atoms with Gasteiger partial charge in [0.15, 0.2) is 5.82 Å². The lowest BCUT2D eigenvalue weighted by Crippen LogP contribution is -2.04. The van der Waals surface area contributed by atoms with Crippen molar-refractivity contribution in [2.24, 2.45) is 0 Å². The summed E-state index contributed by atoms with van der Waals surface area (Å²) in [5, 5.41) is 4.16. The molecule has 0 saturated heterocycles. The molecular formula is C14H15Cl2N3O.